The van der Waals surface area contributed by atoms with E-state index in [-0.39, 0.29) is 0 Å². The lowest BCUT2D eigenvalue weighted by molar-refractivity contribution is 0.296. The molecule has 2 rings (SSSR count). The van der Waals surface area contributed by atoms with Gasteiger partial charge in [0.15, 0.2) is 0 Å². The zero-order valence-electron chi connectivity index (χ0n) is 8.86. The van der Waals surface area contributed by atoms with Gasteiger partial charge in [-0.05, 0) is 29.8 Å². The molecule has 1 heterocycles. The number of hydrogen-bond donors (Lipinski definition) is 1. The highest BCUT2D eigenvalue weighted by Crippen LogP contribution is 2.22. The van der Waals surface area contributed by atoms with E-state index >= 15 is 0 Å². The van der Waals surface area contributed by atoms with E-state index in [4.69, 9.17) is 33.7 Å². The summed E-state index contributed by atoms with van der Waals surface area (Å²) in [6.45, 7) is 0.345. The van der Waals surface area contributed by atoms with Crippen LogP contribution in [-0.2, 0) is 6.61 Å². The SMILES string of the molecule is Nc1ccc(Cl)nc1OCc1cccc(Cl)c1. The fourth-order valence-electron chi connectivity index (χ4n) is 1.32. The second-order valence-electron chi connectivity index (χ2n) is 3.45. The number of nitrogens with zero attached hydrogens (tertiary/aromatic N) is 1. The summed E-state index contributed by atoms with van der Waals surface area (Å²) in [6, 6.07) is 10.7. The quantitative estimate of drug-likeness (QED) is 0.867. The van der Waals surface area contributed by atoms with E-state index in [9.17, 15) is 0 Å². The van der Waals surface area contributed by atoms with Gasteiger partial charge in [0.2, 0.25) is 5.88 Å². The average Bonchev–Trinajstić information content (AvgIpc) is 2.30. The molecule has 0 saturated heterocycles. The fraction of sp³-hybridized carbons (Fsp3) is 0.0833. The number of rotatable bonds is 3. The molecule has 0 saturated carbocycles. The maximum Gasteiger partial charge on any atom is 0.238 e. The molecule has 2 N–H and O–H groups in total. The molecule has 0 fully saturated rings. The smallest absolute Gasteiger partial charge is 0.238 e. The van der Waals surface area contributed by atoms with E-state index < -0.39 is 0 Å². The molecule has 1 aromatic carbocycles. The molecule has 0 bridgehead atoms. The third-order valence-electron chi connectivity index (χ3n) is 2.12. The highest BCUT2D eigenvalue weighted by molar-refractivity contribution is 6.30. The second-order valence-corrected chi connectivity index (χ2v) is 4.27. The highest BCUT2D eigenvalue weighted by atomic mass is 35.5. The summed E-state index contributed by atoms with van der Waals surface area (Å²) in [5.74, 6) is 0.331. The molecular formula is C12H10Cl2N2O. The van der Waals surface area contributed by atoms with Crippen LogP contribution in [0.3, 0.4) is 0 Å². The minimum absolute atomic E-state index is 0.331. The molecule has 2 aromatic rings. The van der Waals surface area contributed by atoms with E-state index in [1.54, 1.807) is 18.2 Å². The summed E-state index contributed by atoms with van der Waals surface area (Å²) in [6.07, 6.45) is 0. The van der Waals surface area contributed by atoms with Crippen molar-refractivity contribution in [2.75, 3.05) is 5.73 Å². The Morgan fingerprint density at radius 2 is 2.00 bits per heavy atom. The number of halogens is 2. The molecule has 1 aromatic heterocycles. The van der Waals surface area contributed by atoms with Crippen LogP contribution in [-0.4, -0.2) is 4.98 Å². The van der Waals surface area contributed by atoms with Crippen molar-refractivity contribution in [2.45, 2.75) is 6.61 Å². The van der Waals surface area contributed by atoms with Gasteiger partial charge in [0, 0.05) is 5.02 Å². The minimum atomic E-state index is 0.331. The summed E-state index contributed by atoms with van der Waals surface area (Å²) in [4.78, 5) is 4.00. The van der Waals surface area contributed by atoms with Gasteiger partial charge in [0.25, 0.3) is 0 Å². The van der Waals surface area contributed by atoms with Crippen LogP contribution in [0, 0.1) is 0 Å². The van der Waals surface area contributed by atoms with Crippen LogP contribution < -0.4 is 10.5 Å². The maximum atomic E-state index is 5.87. The lowest BCUT2D eigenvalue weighted by Gasteiger charge is -2.08. The molecule has 0 aliphatic heterocycles. The maximum absolute atomic E-state index is 5.87. The van der Waals surface area contributed by atoms with Gasteiger partial charge in [-0.1, -0.05) is 35.3 Å². The lowest BCUT2D eigenvalue weighted by atomic mass is 10.2. The third-order valence-corrected chi connectivity index (χ3v) is 2.57. The first-order valence-corrected chi connectivity index (χ1v) is 5.70. The van der Waals surface area contributed by atoms with Crippen molar-refractivity contribution in [2.24, 2.45) is 0 Å². The number of anilines is 1. The number of nitrogen functional groups attached to an aromatic ring is 1. The van der Waals surface area contributed by atoms with Crippen LogP contribution in [0.4, 0.5) is 5.69 Å². The molecule has 5 heteroatoms. The Bertz CT molecular complexity index is 532. The van der Waals surface area contributed by atoms with Crippen molar-refractivity contribution in [1.82, 2.24) is 4.98 Å². The zero-order valence-corrected chi connectivity index (χ0v) is 10.4. The fourth-order valence-corrected chi connectivity index (χ4v) is 1.68. The van der Waals surface area contributed by atoms with Crippen LogP contribution in [0.5, 0.6) is 5.88 Å². The van der Waals surface area contributed by atoms with Crippen LogP contribution in [0.2, 0.25) is 10.2 Å². The normalized spacial score (nSPS) is 10.2. The summed E-state index contributed by atoms with van der Waals surface area (Å²) in [7, 11) is 0. The van der Waals surface area contributed by atoms with Crippen molar-refractivity contribution in [1.29, 1.82) is 0 Å². The molecular weight excluding hydrogens is 259 g/mol. The van der Waals surface area contributed by atoms with E-state index in [0.29, 0.717) is 28.3 Å². The van der Waals surface area contributed by atoms with Gasteiger partial charge >= 0.3 is 0 Å². The van der Waals surface area contributed by atoms with Gasteiger partial charge < -0.3 is 10.5 Å². The van der Waals surface area contributed by atoms with Gasteiger partial charge in [0.05, 0.1) is 5.69 Å². The summed E-state index contributed by atoms with van der Waals surface area (Å²) >= 11 is 11.6. The first-order valence-electron chi connectivity index (χ1n) is 4.94. The van der Waals surface area contributed by atoms with Crippen LogP contribution >= 0.6 is 23.2 Å². The molecule has 0 aliphatic rings. The topological polar surface area (TPSA) is 48.1 Å². The summed E-state index contributed by atoms with van der Waals surface area (Å²) < 4.78 is 5.48. The Morgan fingerprint density at radius 3 is 2.76 bits per heavy atom. The molecule has 3 nitrogen and oxygen atoms in total. The number of aromatic nitrogens is 1. The van der Waals surface area contributed by atoms with E-state index in [1.165, 1.54) is 0 Å². The Labute approximate surface area is 109 Å². The largest absolute Gasteiger partial charge is 0.471 e. The number of hydrogen-bond acceptors (Lipinski definition) is 3. The van der Waals surface area contributed by atoms with Crippen molar-refractivity contribution in [3.05, 3.63) is 52.1 Å². The van der Waals surface area contributed by atoms with Gasteiger partial charge in [-0.2, -0.15) is 4.98 Å². The predicted molar refractivity (Wildman–Crippen MR) is 69.4 cm³/mol. The van der Waals surface area contributed by atoms with Crippen molar-refractivity contribution in [3.8, 4) is 5.88 Å². The average molecular weight is 269 g/mol. The molecule has 0 aliphatic carbocycles. The van der Waals surface area contributed by atoms with Gasteiger partial charge in [-0.15, -0.1) is 0 Å². The Morgan fingerprint density at radius 1 is 1.18 bits per heavy atom. The van der Waals surface area contributed by atoms with Crippen molar-refractivity contribution < 1.29 is 4.74 Å². The minimum Gasteiger partial charge on any atom is -0.471 e. The van der Waals surface area contributed by atoms with Crippen LogP contribution in [0.1, 0.15) is 5.56 Å². The Hall–Kier alpha value is -1.45. The van der Waals surface area contributed by atoms with Crippen molar-refractivity contribution >= 4 is 28.9 Å². The molecule has 0 unspecified atom stereocenters. The second kappa shape index (κ2) is 5.25. The molecule has 0 spiro atoms. The van der Waals surface area contributed by atoms with E-state index in [1.807, 2.05) is 18.2 Å². The van der Waals surface area contributed by atoms with E-state index in [0.717, 1.165) is 5.56 Å². The third kappa shape index (κ3) is 3.25. The number of pyridine rings is 1. The van der Waals surface area contributed by atoms with Crippen LogP contribution in [0.15, 0.2) is 36.4 Å². The Kier molecular flexibility index (Phi) is 3.71. The Balaban J connectivity index is 2.09. The summed E-state index contributed by atoms with van der Waals surface area (Å²) in [5, 5.41) is 1.01. The summed E-state index contributed by atoms with van der Waals surface area (Å²) in [5.41, 5.74) is 7.11. The molecule has 88 valence electrons. The monoisotopic (exact) mass is 268 g/mol. The van der Waals surface area contributed by atoms with Gasteiger partial charge in [-0.3, -0.25) is 0 Å². The van der Waals surface area contributed by atoms with Crippen molar-refractivity contribution in [3.63, 3.8) is 0 Å². The predicted octanol–water partition coefficient (Wildman–Crippen LogP) is 3.55. The number of ether oxygens (including phenoxy) is 1. The van der Waals surface area contributed by atoms with Gasteiger partial charge in [-0.25, -0.2) is 0 Å². The zero-order chi connectivity index (χ0) is 12.3. The molecule has 17 heavy (non-hydrogen) atoms. The number of benzene rings is 1. The lowest BCUT2D eigenvalue weighted by Crippen LogP contribution is -2.00. The number of nitrogens with two attached hydrogens (primary N) is 1. The van der Waals surface area contributed by atoms with Gasteiger partial charge in [0.1, 0.15) is 11.8 Å². The molecule has 0 radical (unpaired) electrons. The first-order chi connectivity index (χ1) is 8.15. The standard InChI is InChI=1S/C12H10Cl2N2O/c13-9-3-1-2-8(6-9)7-17-12-10(15)4-5-11(14)16-12/h1-6H,7,15H2. The first kappa shape index (κ1) is 12.0. The highest BCUT2D eigenvalue weighted by Gasteiger charge is 2.04. The van der Waals surface area contributed by atoms with E-state index in [2.05, 4.69) is 4.98 Å². The molecule has 0 amide bonds. The molecule has 0 atom stereocenters. The van der Waals surface area contributed by atoms with Crippen LogP contribution in [0.25, 0.3) is 0 Å².